The van der Waals surface area contributed by atoms with Gasteiger partial charge in [0.15, 0.2) is 0 Å². The molecule has 4 rings (SSSR count). The van der Waals surface area contributed by atoms with Crippen molar-refractivity contribution in [2.75, 3.05) is 45.3 Å². The number of anilines is 1. The van der Waals surface area contributed by atoms with Crippen molar-refractivity contribution >= 4 is 22.5 Å². The van der Waals surface area contributed by atoms with Crippen molar-refractivity contribution in [3.63, 3.8) is 0 Å². The average molecular weight is 422 g/mol. The highest BCUT2D eigenvalue weighted by atomic mass is 16.5. The molecule has 1 N–H and O–H groups in total. The van der Waals surface area contributed by atoms with Crippen LogP contribution < -0.4 is 15.2 Å². The van der Waals surface area contributed by atoms with Crippen molar-refractivity contribution < 1.29 is 14.3 Å². The third kappa shape index (κ3) is 4.39. The van der Waals surface area contributed by atoms with Gasteiger partial charge in [-0.25, -0.2) is 4.98 Å². The van der Waals surface area contributed by atoms with Crippen LogP contribution in [0.4, 0.5) is 5.69 Å². The van der Waals surface area contributed by atoms with Gasteiger partial charge in [-0.2, -0.15) is 0 Å². The molecular weight excluding hydrogens is 396 g/mol. The number of para-hydroxylation sites is 2. The average Bonchev–Trinajstić information content (AvgIpc) is 2.82. The van der Waals surface area contributed by atoms with E-state index < -0.39 is 6.10 Å². The lowest BCUT2D eigenvalue weighted by Crippen LogP contribution is -2.49. The Kier molecular flexibility index (Phi) is 6.18. The number of benzene rings is 2. The summed E-state index contributed by atoms with van der Waals surface area (Å²) in [6, 6.07) is 15.4. The summed E-state index contributed by atoms with van der Waals surface area (Å²) < 4.78 is 10.9. The molecule has 2 aromatic carbocycles. The van der Waals surface area contributed by atoms with E-state index in [1.54, 1.807) is 18.2 Å². The molecule has 1 aliphatic heterocycles. The number of aromatic amines is 1. The van der Waals surface area contributed by atoms with E-state index in [1.807, 2.05) is 23.1 Å². The van der Waals surface area contributed by atoms with Gasteiger partial charge in [-0.1, -0.05) is 24.3 Å². The van der Waals surface area contributed by atoms with Crippen LogP contribution in [0.15, 0.2) is 53.3 Å². The minimum atomic E-state index is -0.651. The highest BCUT2D eigenvalue weighted by molar-refractivity contribution is 5.83. The van der Waals surface area contributed by atoms with E-state index in [1.165, 1.54) is 14.2 Å². The van der Waals surface area contributed by atoms with Crippen molar-refractivity contribution in [3.8, 4) is 5.75 Å². The number of hydrogen-bond donors (Lipinski definition) is 1. The normalized spacial score (nSPS) is 15.2. The monoisotopic (exact) mass is 422 g/mol. The third-order valence-corrected chi connectivity index (χ3v) is 5.64. The van der Waals surface area contributed by atoms with Gasteiger partial charge in [-0.05, 0) is 24.3 Å². The van der Waals surface area contributed by atoms with Gasteiger partial charge in [0, 0.05) is 39.0 Å². The minimum absolute atomic E-state index is 0.0256. The fraction of sp³-hybridized carbons (Fsp3) is 0.348. The Morgan fingerprint density at radius 3 is 2.48 bits per heavy atom. The molecule has 2 heterocycles. The molecule has 1 aromatic heterocycles. The number of hydrogen-bond acceptors (Lipinski definition) is 6. The first-order valence-electron chi connectivity index (χ1n) is 10.3. The predicted molar refractivity (Wildman–Crippen MR) is 119 cm³/mol. The molecule has 0 saturated carbocycles. The Bertz CT molecular complexity index is 1110. The van der Waals surface area contributed by atoms with E-state index in [9.17, 15) is 9.59 Å². The molecule has 31 heavy (non-hydrogen) atoms. The molecule has 1 aliphatic rings. The predicted octanol–water partition coefficient (Wildman–Crippen LogP) is 2.36. The fourth-order valence-electron chi connectivity index (χ4n) is 3.90. The number of ether oxygens (including phenoxy) is 2. The van der Waals surface area contributed by atoms with Crippen molar-refractivity contribution in [2.45, 2.75) is 12.5 Å². The number of carbonyl (C=O) groups is 1. The Morgan fingerprint density at radius 1 is 1.06 bits per heavy atom. The second kappa shape index (κ2) is 9.18. The van der Waals surface area contributed by atoms with Gasteiger partial charge in [0.25, 0.3) is 5.56 Å². The molecule has 3 aromatic rings. The van der Waals surface area contributed by atoms with Crippen LogP contribution >= 0.6 is 0 Å². The van der Waals surface area contributed by atoms with Gasteiger partial charge in [0.1, 0.15) is 23.2 Å². The lowest BCUT2D eigenvalue weighted by molar-refractivity contribution is -0.134. The van der Waals surface area contributed by atoms with Gasteiger partial charge in [-0.15, -0.1) is 0 Å². The van der Waals surface area contributed by atoms with Crippen molar-refractivity contribution in [1.29, 1.82) is 0 Å². The zero-order chi connectivity index (χ0) is 21.8. The van der Waals surface area contributed by atoms with Gasteiger partial charge in [0.05, 0.1) is 18.9 Å². The van der Waals surface area contributed by atoms with Crippen LogP contribution in [0.25, 0.3) is 10.9 Å². The van der Waals surface area contributed by atoms with Crippen LogP contribution in [0.1, 0.15) is 18.3 Å². The molecule has 8 nitrogen and oxygen atoms in total. The first kappa shape index (κ1) is 20.9. The summed E-state index contributed by atoms with van der Waals surface area (Å²) in [5.74, 6) is 0.797. The summed E-state index contributed by atoms with van der Waals surface area (Å²) in [5, 5.41) is 0.432. The first-order valence-corrected chi connectivity index (χ1v) is 10.3. The summed E-state index contributed by atoms with van der Waals surface area (Å²) in [6.45, 7) is 2.82. The van der Waals surface area contributed by atoms with Crippen LogP contribution in [-0.4, -0.2) is 61.2 Å². The van der Waals surface area contributed by atoms with Crippen LogP contribution in [-0.2, 0) is 9.53 Å². The van der Waals surface area contributed by atoms with Crippen LogP contribution in [0.5, 0.6) is 5.75 Å². The van der Waals surface area contributed by atoms with E-state index in [0.717, 1.165) is 18.8 Å². The molecule has 0 spiro atoms. The van der Waals surface area contributed by atoms with Crippen LogP contribution in [0.2, 0.25) is 0 Å². The standard InChI is InChI=1S/C23H26N4O4/c1-30-18-10-6-9-17-21(18)24-22(25-23(17)29)19(31-2)15-20(28)27-13-11-26(12-14-27)16-7-4-3-5-8-16/h3-10,19H,11-15H2,1-2H3,(H,24,25,29). The zero-order valence-electron chi connectivity index (χ0n) is 17.7. The Balaban J connectivity index is 1.47. The van der Waals surface area contributed by atoms with Gasteiger partial charge in [0.2, 0.25) is 5.91 Å². The van der Waals surface area contributed by atoms with Crippen molar-refractivity contribution in [2.24, 2.45) is 0 Å². The summed E-state index contributed by atoms with van der Waals surface area (Å²) in [6.07, 6.45) is -0.549. The smallest absolute Gasteiger partial charge is 0.258 e. The van der Waals surface area contributed by atoms with E-state index in [4.69, 9.17) is 9.47 Å². The summed E-state index contributed by atoms with van der Waals surface area (Å²) in [7, 11) is 3.04. The minimum Gasteiger partial charge on any atom is -0.494 e. The lowest BCUT2D eigenvalue weighted by atomic mass is 10.1. The third-order valence-electron chi connectivity index (χ3n) is 5.64. The van der Waals surface area contributed by atoms with Crippen molar-refractivity contribution in [3.05, 3.63) is 64.7 Å². The maximum absolute atomic E-state index is 12.9. The molecule has 0 aliphatic carbocycles. The molecule has 0 radical (unpaired) electrons. The number of nitrogens with zero attached hydrogens (tertiary/aromatic N) is 3. The quantitative estimate of drug-likeness (QED) is 0.656. The number of fused-ring (bicyclic) bond motifs is 1. The highest BCUT2D eigenvalue weighted by Crippen LogP contribution is 2.25. The molecule has 1 fully saturated rings. The Hall–Kier alpha value is -3.39. The number of methoxy groups -OCH3 is 2. The number of aromatic nitrogens is 2. The lowest BCUT2D eigenvalue weighted by Gasteiger charge is -2.36. The van der Waals surface area contributed by atoms with E-state index >= 15 is 0 Å². The zero-order valence-corrected chi connectivity index (χ0v) is 17.7. The summed E-state index contributed by atoms with van der Waals surface area (Å²) >= 11 is 0. The second-order valence-corrected chi connectivity index (χ2v) is 7.44. The van der Waals surface area contributed by atoms with Crippen molar-refractivity contribution in [1.82, 2.24) is 14.9 Å². The fourth-order valence-corrected chi connectivity index (χ4v) is 3.90. The number of rotatable bonds is 6. The maximum atomic E-state index is 12.9. The van der Waals surface area contributed by atoms with Gasteiger partial charge < -0.3 is 24.3 Å². The molecule has 1 saturated heterocycles. The van der Waals surface area contributed by atoms with Gasteiger partial charge in [-0.3, -0.25) is 9.59 Å². The van der Waals surface area contributed by atoms with E-state index in [2.05, 4.69) is 27.0 Å². The largest absolute Gasteiger partial charge is 0.494 e. The van der Waals surface area contributed by atoms with E-state index in [0.29, 0.717) is 35.6 Å². The molecule has 1 amide bonds. The number of carbonyl (C=O) groups excluding carboxylic acids is 1. The Labute approximate surface area is 180 Å². The first-order chi connectivity index (χ1) is 15.1. The number of amides is 1. The molecule has 162 valence electrons. The molecular formula is C23H26N4O4. The number of piperazine rings is 1. The summed E-state index contributed by atoms with van der Waals surface area (Å²) in [4.78, 5) is 36.9. The highest BCUT2D eigenvalue weighted by Gasteiger charge is 2.26. The molecule has 1 unspecified atom stereocenters. The SMILES string of the molecule is COc1cccc2c(=O)[nH]c(C(CC(=O)N3CCN(c4ccccc4)CC3)OC)nc12. The molecule has 1 atom stereocenters. The second-order valence-electron chi connectivity index (χ2n) is 7.44. The van der Waals surface area contributed by atoms with E-state index in [-0.39, 0.29) is 17.9 Å². The Morgan fingerprint density at radius 2 is 1.81 bits per heavy atom. The topological polar surface area (TPSA) is 87.8 Å². The van der Waals surface area contributed by atoms with Crippen LogP contribution in [0, 0.1) is 0 Å². The van der Waals surface area contributed by atoms with Crippen LogP contribution in [0.3, 0.4) is 0 Å². The molecule has 0 bridgehead atoms. The maximum Gasteiger partial charge on any atom is 0.258 e. The number of nitrogens with one attached hydrogen (secondary N) is 1. The summed E-state index contributed by atoms with van der Waals surface area (Å²) in [5.41, 5.74) is 1.33. The molecule has 8 heteroatoms. The number of H-pyrrole nitrogens is 1. The van der Waals surface area contributed by atoms with Gasteiger partial charge >= 0.3 is 0 Å².